The van der Waals surface area contributed by atoms with Gasteiger partial charge in [-0.3, -0.25) is 4.79 Å². The van der Waals surface area contributed by atoms with Crippen molar-refractivity contribution in [2.45, 2.75) is 58.3 Å². The molecule has 1 aromatic heterocycles. The van der Waals surface area contributed by atoms with Crippen LogP contribution in [-0.2, 0) is 17.9 Å². The molecule has 148 valence electrons. The first-order chi connectivity index (χ1) is 13.7. The van der Waals surface area contributed by atoms with E-state index in [2.05, 4.69) is 39.5 Å². The number of rotatable bonds is 5. The SMILES string of the molecule is COCc1cc(C)[nH+]c2c1C(=O)N[C@@H](C1CCCCC1)N2Cc1ccccc1. The molecule has 2 N–H and O–H groups in total. The molecule has 2 aliphatic rings. The predicted molar refractivity (Wildman–Crippen MR) is 109 cm³/mol. The van der Waals surface area contributed by atoms with E-state index in [9.17, 15) is 4.79 Å². The van der Waals surface area contributed by atoms with Gasteiger partial charge in [-0.2, -0.15) is 0 Å². The van der Waals surface area contributed by atoms with Crippen LogP contribution in [0.25, 0.3) is 0 Å². The van der Waals surface area contributed by atoms with Gasteiger partial charge in [-0.25, -0.2) is 9.88 Å². The van der Waals surface area contributed by atoms with E-state index in [0.717, 1.165) is 29.2 Å². The molecular formula is C23H30N3O2+. The minimum Gasteiger partial charge on any atom is -0.380 e. The minimum absolute atomic E-state index is 0.0122. The molecule has 2 aromatic rings. The van der Waals surface area contributed by atoms with Gasteiger partial charge in [0.15, 0.2) is 6.17 Å². The van der Waals surface area contributed by atoms with Crippen LogP contribution in [0.1, 0.15) is 59.3 Å². The van der Waals surface area contributed by atoms with Crippen LogP contribution in [0.4, 0.5) is 5.82 Å². The molecule has 1 atom stereocenters. The van der Waals surface area contributed by atoms with Gasteiger partial charge < -0.3 is 10.1 Å². The second-order valence-electron chi connectivity index (χ2n) is 8.06. The zero-order chi connectivity index (χ0) is 19.5. The number of carbonyl (C=O) groups excluding carboxylic acids is 1. The molecule has 5 nitrogen and oxygen atoms in total. The third-order valence-electron chi connectivity index (χ3n) is 5.99. The molecule has 4 rings (SSSR count). The van der Waals surface area contributed by atoms with Gasteiger partial charge >= 0.3 is 0 Å². The van der Waals surface area contributed by atoms with Gasteiger partial charge in [0.25, 0.3) is 11.7 Å². The minimum atomic E-state index is 0.0122. The van der Waals surface area contributed by atoms with Gasteiger partial charge in [-0.05, 0) is 31.4 Å². The highest BCUT2D eigenvalue weighted by Gasteiger charge is 2.43. The zero-order valence-corrected chi connectivity index (χ0v) is 16.8. The predicted octanol–water partition coefficient (Wildman–Crippen LogP) is 3.61. The van der Waals surface area contributed by atoms with Gasteiger partial charge in [0.2, 0.25) is 0 Å². The number of fused-ring (bicyclic) bond motifs is 1. The van der Waals surface area contributed by atoms with Crippen molar-refractivity contribution < 1.29 is 14.5 Å². The summed E-state index contributed by atoms with van der Waals surface area (Å²) >= 11 is 0. The number of nitrogens with zero attached hydrogens (tertiary/aromatic N) is 1. The first kappa shape index (κ1) is 18.9. The van der Waals surface area contributed by atoms with Crippen LogP contribution in [0.15, 0.2) is 36.4 Å². The summed E-state index contributed by atoms with van der Waals surface area (Å²) in [6, 6.07) is 12.5. The Kier molecular flexibility index (Phi) is 5.62. The molecule has 1 aromatic carbocycles. The van der Waals surface area contributed by atoms with Crippen molar-refractivity contribution in [3.8, 4) is 0 Å². The van der Waals surface area contributed by atoms with Crippen LogP contribution in [0.3, 0.4) is 0 Å². The largest absolute Gasteiger partial charge is 0.380 e. The summed E-state index contributed by atoms with van der Waals surface area (Å²) in [5.74, 6) is 1.42. The fourth-order valence-electron chi connectivity index (χ4n) is 4.71. The van der Waals surface area contributed by atoms with E-state index < -0.39 is 0 Å². The van der Waals surface area contributed by atoms with Crippen molar-refractivity contribution in [1.29, 1.82) is 0 Å². The van der Waals surface area contributed by atoms with Gasteiger partial charge in [0.05, 0.1) is 12.3 Å². The second-order valence-corrected chi connectivity index (χ2v) is 8.06. The fraction of sp³-hybridized carbons (Fsp3) is 0.478. The molecule has 1 saturated carbocycles. The Morgan fingerprint density at radius 1 is 1.18 bits per heavy atom. The van der Waals surface area contributed by atoms with Crippen LogP contribution in [-0.4, -0.2) is 19.2 Å². The number of H-pyrrole nitrogens is 1. The lowest BCUT2D eigenvalue weighted by Crippen LogP contribution is -2.58. The van der Waals surface area contributed by atoms with Gasteiger partial charge in [0.1, 0.15) is 12.1 Å². The Morgan fingerprint density at radius 2 is 1.93 bits per heavy atom. The molecular weight excluding hydrogens is 350 g/mol. The molecule has 1 amide bonds. The summed E-state index contributed by atoms with van der Waals surface area (Å²) in [6.45, 7) is 3.24. The molecule has 0 spiro atoms. The average molecular weight is 381 g/mol. The number of hydrogen-bond acceptors (Lipinski definition) is 3. The lowest BCUT2D eigenvalue weighted by molar-refractivity contribution is -0.375. The van der Waals surface area contributed by atoms with E-state index in [1.165, 1.54) is 37.7 Å². The van der Waals surface area contributed by atoms with Crippen molar-refractivity contribution in [2.24, 2.45) is 5.92 Å². The summed E-state index contributed by atoms with van der Waals surface area (Å²) in [5.41, 5.74) is 3.94. The maximum absolute atomic E-state index is 13.1. The third kappa shape index (κ3) is 3.76. The summed E-state index contributed by atoms with van der Waals surface area (Å²) in [4.78, 5) is 19.0. The number of amides is 1. The van der Waals surface area contributed by atoms with E-state index in [0.29, 0.717) is 12.5 Å². The quantitative estimate of drug-likeness (QED) is 0.862. The van der Waals surface area contributed by atoms with Crippen molar-refractivity contribution >= 4 is 11.7 Å². The molecule has 0 radical (unpaired) electrons. The molecule has 2 heterocycles. The number of carbonyl (C=O) groups is 1. The number of benzene rings is 1. The van der Waals surface area contributed by atoms with E-state index in [1.54, 1.807) is 7.11 Å². The highest BCUT2D eigenvalue weighted by Crippen LogP contribution is 2.35. The van der Waals surface area contributed by atoms with Gasteiger partial charge in [0, 0.05) is 18.6 Å². The molecule has 0 saturated heterocycles. The molecule has 0 unspecified atom stereocenters. The summed E-state index contributed by atoms with van der Waals surface area (Å²) in [6.07, 6.45) is 6.15. The van der Waals surface area contributed by atoms with Crippen molar-refractivity contribution in [1.82, 2.24) is 5.32 Å². The Bertz CT molecular complexity index is 831. The number of ether oxygens (including phenoxy) is 1. The zero-order valence-electron chi connectivity index (χ0n) is 16.8. The Balaban J connectivity index is 1.78. The number of aromatic nitrogens is 1. The molecule has 5 heteroatoms. The van der Waals surface area contributed by atoms with Crippen LogP contribution in [0.5, 0.6) is 0 Å². The van der Waals surface area contributed by atoms with Crippen molar-refractivity contribution in [3.05, 3.63) is 58.8 Å². The number of hydrogen-bond donors (Lipinski definition) is 1. The first-order valence-electron chi connectivity index (χ1n) is 10.3. The van der Waals surface area contributed by atoms with Crippen LogP contribution in [0, 0.1) is 12.8 Å². The second kappa shape index (κ2) is 8.31. The lowest BCUT2D eigenvalue weighted by atomic mass is 9.85. The molecule has 0 bridgehead atoms. The smallest absolute Gasteiger partial charge is 0.289 e. The highest BCUT2D eigenvalue weighted by atomic mass is 16.5. The normalized spacial score (nSPS) is 20.0. The fourth-order valence-corrected chi connectivity index (χ4v) is 4.71. The van der Waals surface area contributed by atoms with E-state index in [1.807, 2.05) is 19.1 Å². The summed E-state index contributed by atoms with van der Waals surface area (Å²) < 4.78 is 5.38. The van der Waals surface area contributed by atoms with E-state index in [4.69, 9.17) is 4.74 Å². The van der Waals surface area contributed by atoms with Gasteiger partial charge in [-0.1, -0.05) is 49.6 Å². The summed E-state index contributed by atoms with van der Waals surface area (Å²) in [5, 5.41) is 3.34. The van der Waals surface area contributed by atoms with E-state index in [-0.39, 0.29) is 12.1 Å². The Labute approximate surface area is 167 Å². The van der Waals surface area contributed by atoms with Gasteiger partial charge in [-0.15, -0.1) is 0 Å². The maximum Gasteiger partial charge on any atom is 0.289 e. The molecule has 1 aliphatic carbocycles. The Morgan fingerprint density at radius 3 is 2.64 bits per heavy atom. The van der Waals surface area contributed by atoms with Crippen molar-refractivity contribution in [2.75, 3.05) is 12.0 Å². The van der Waals surface area contributed by atoms with Crippen LogP contribution < -0.4 is 15.2 Å². The maximum atomic E-state index is 13.1. The standard InChI is InChI=1S/C23H29N3O2/c1-16-13-19(15-28-2)20-22(24-16)26(14-17-9-5-3-6-10-17)21(25-23(20)27)18-11-7-4-8-12-18/h3,5-6,9-10,13,18,21H,4,7-8,11-12,14-15H2,1-2H3,(H,25,27)/p+1/t21-/m1/s1. The van der Waals surface area contributed by atoms with Crippen molar-refractivity contribution in [3.63, 3.8) is 0 Å². The summed E-state index contributed by atoms with van der Waals surface area (Å²) in [7, 11) is 1.67. The molecule has 1 aliphatic heterocycles. The molecule has 1 fully saturated rings. The number of methoxy groups -OCH3 is 1. The van der Waals surface area contributed by atoms with Crippen LogP contribution >= 0.6 is 0 Å². The number of pyridine rings is 1. The lowest BCUT2D eigenvalue weighted by Gasteiger charge is -2.38. The number of nitrogens with one attached hydrogen (secondary N) is 2. The Hall–Kier alpha value is -2.40. The number of aromatic amines is 1. The van der Waals surface area contributed by atoms with E-state index >= 15 is 0 Å². The first-order valence-corrected chi connectivity index (χ1v) is 10.3. The average Bonchev–Trinajstić information content (AvgIpc) is 2.71. The van der Waals surface area contributed by atoms with Crippen LogP contribution in [0.2, 0.25) is 0 Å². The topological polar surface area (TPSA) is 55.7 Å². The highest BCUT2D eigenvalue weighted by molar-refractivity contribution is 6.01. The third-order valence-corrected chi connectivity index (χ3v) is 5.99. The molecule has 28 heavy (non-hydrogen) atoms. The number of aryl methyl sites for hydroxylation is 1. The monoisotopic (exact) mass is 380 g/mol. The number of anilines is 1.